The van der Waals surface area contributed by atoms with Gasteiger partial charge in [0.25, 0.3) is 5.91 Å². The summed E-state index contributed by atoms with van der Waals surface area (Å²) in [5.41, 5.74) is 15.7. The summed E-state index contributed by atoms with van der Waals surface area (Å²) in [7, 11) is 0. The highest BCUT2D eigenvalue weighted by Crippen LogP contribution is 2.16. The van der Waals surface area contributed by atoms with Gasteiger partial charge < -0.3 is 17.2 Å². The first-order valence-corrected chi connectivity index (χ1v) is 4.39. The molecule has 0 spiro atoms. The Labute approximate surface area is 95.0 Å². The Bertz CT molecular complexity index is 436. The maximum absolute atomic E-state index is 11.4. The minimum absolute atomic E-state index is 0.0546. The van der Waals surface area contributed by atoms with Gasteiger partial charge in [0.15, 0.2) is 27.6 Å². The third-order valence-electron chi connectivity index (χ3n) is 1.36. The quantitative estimate of drug-likeness (QED) is 0.480. The highest BCUT2D eigenvalue weighted by Gasteiger charge is 2.15. The summed E-state index contributed by atoms with van der Waals surface area (Å²) in [6.07, 6.45) is 0. The summed E-state index contributed by atoms with van der Waals surface area (Å²) in [4.78, 5) is 18.6. The molecule has 0 saturated heterocycles. The molecule has 0 aliphatic rings. The van der Waals surface area contributed by atoms with Gasteiger partial charge in [-0.1, -0.05) is 11.6 Å². The lowest BCUT2D eigenvalue weighted by Crippen LogP contribution is -2.35. The van der Waals surface area contributed by atoms with Gasteiger partial charge in [-0.25, -0.2) is 9.97 Å². The van der Waals surface area contributed by atoms with E-state index in [4.69, 9.17) is 28.8 Å². The number of amides is 1. The van der Waals surface area contributed by atoms with Crippen LogP contribution in [0.5, 0.6) is 0 Å². The number of aromatic nitrogens is 2. The van der Waals surface area contributed by atoms with Crippen molar-refractivity contribution >= 4 is 46.5 Å². The van der Waals surface area contributed by atoms with Gasteiger partial charge in [0.1, 0.15) is 0 Å². The number of nitrogens with two attached hydrogens (primary N) is 3. The van der Waals surface area contributed by atoms with E-state index in [0.29, 0.717) is 0 Å². The van der Waals surface area contributed by atoms with Crippen molar-refractivity contribution in [2.75, 3.05) is 11.5 Å². The zero-order valence-electron chi connectivity index (χ0n) is 7.32. The second kappa shape index (κ2) is 4.24. The van der Waals surface area contributed by atoms with Crippen LogP contribution in [-0.4, -0.2) is 21.0 Å². The predicted molar refractivity (Wildman–Crippen MR) is 60.1 cm³/mol. The minimum Gasteiger partial charge on any atom is -0.382 e. The number of nitrogens with zero attached hydrogens (tertiary/aromatic N) is 2. The molecule has 1 amide bonds. The number of anilines is 2. The van der Waals surface area contributed by atoms with Crippen LogP contribution in [0, 0.1) is 0 Å². The molecule has 1 aromatic rings. The number of nitrogen functional groups attached to an aromatic ring is 2. The molecule has 0 atom stereocenters. The van der Waals surface area contributed by atoms with Crippen LogP contribution >= 0.6 is 23.8 Å². The number of nitrogens with one attached hydrogen (secondary N) is 1. The van der Waals surface area contributed by atoms with Gasteiger partial charge in [0.05, 0.1) is 0 Å². The third kappa shape index (κ3) is 2.64. The normalized spacial score (nSPS) is 9.67. The Kier molecular flexibility index (Phi) is 3.22. The molecule has 80 valence electrons. The molecule has 7 nitrogen and oxygen atoms in total. The maximum atomic E-state index is 11.4. The van der Waals surface area contributed by atoms with Crippen molar-refractivity contribution in [3.8, 4) is 0 Å². The number of carbonyl (C=O) groups is 1. The van der Waals surface area contributed by atoms with Crippen molar-refractivity contribution in [3.63, 3.8) is 0 Å². The van der Waals surface area contributed by atoms with E-state index in [2.05, 4.69) is 27.5 Å². The number of carbonyl (C=O) groups excluding carboxylic acids is 1. The van der Waals surface area contributed by atoms with Gasteiger partial charge in [-0.15, -0.1) is 0 Å². The molecular weight excluding hydrogens is 240 g/mol. The highest BCUT2D eigenvalue weighted by molar-refractivity contribution is 7.80. The lowest BCUT2D eigenvalue weighted by molar-refractivity contribution is 0.0973. The van der Waals surface area contributed by atoms with Crippen LogP contribution in [0.25, 0.3) is 0 Å². The molecule has 0 aliphatic heterocycles. The smallest absolute Gasteiger partial charge is 0.279 e. The molecular formula is C6H7ClN6OS. The summed E-state index contributed by atoms with van der Waals surface area (Å²) in [5.74, 6) is -0.888. The molecule has 9 heteroatoms. The van der Waals surface area contributed by atoms with E-state index in [0.717, 1.165) is 0 Å². The second-order valence-corrected chi connectivity index (χ2v) is 3.25. The summed E-state index contributed by atoms with van der Waals surface area (Å²) in [5, 5.41) is 1.82. The van der Waals surface area contributed by atoms with Crippen molar-refractivity contribution in [2.24, 2.45) is 5.73 Å². The first-order valence-electron chi connectivity index (χ1n) is 3.61. The van der Waals surface area contributed by atoms with E-state index < -0.39 is 5.91 Å². The Morgan fingerprint density at radius 3 is 2.47 bits per heavy atom. The monoisotopic (exact) mass is 246 g/mol. The van der Waals surface area contributed by atoms with Crippen molar-refractivity contribution in [2.45, 2.75) is 0 Å². The van der Waals surface area contributed by atoms with E-state index >= 15 is 0 Å². The number of halogens is 1. The average Bonchev–Trinajstić information content (AvgIpc) is 2.09. The molecule has 1 aromatic heterocycles. The molecule has 0 radical (unpaired) electrons. The predicted octanol–water partition coefficient (Wildman–Crippen LogP) is -0.732. The van der Waals surface area contributed by atoms with Crippen molar-refractivity contribution in [1.82, 2.24) is 15.3 Å². The molecule has 15 heavy (non-hydrogen) atoms. The van der Waals surface area contributed by atoms with Crippen LogP contribution in [0.4, 0.5) is 11.6 Å². The third-order valence-corrected chi connectivity index (χ3v) is 1.74. The first-order chi connectivity index (χ1) is 6.91. The molecule has 0 saturated carbocycles. The summed E-state index contributed by atoms with van der Waals surface area (Å²) < 4.78 is 0. The van der Waals surface area contributed by atoms with Crippen molar-refractivity contribution in [3.05, 3.63) is 10.8 Å². The lowest BCUT2D eigenvalue weighted by atomic mass is 10.4. The van der Waals surface area contributed by atoms with Crippen molar-refractivity contribution in [1.29, 1.82) is 0 Å². The minimum atomic E-state index is -0.686. The molecule has 0 fully saturated rings. The van der Waals surface area contributed by atoms with Crippen LogP contribution in [0.2, 0.25) is 5.15 Å². The summed E-state index contributed by atoms with van der Waals surface area (Å²) in [6.45, 7) is 0. The molecule has 1 rings (SSSR count). The maximum Gasteiger partial charge on any atom is 0.279 e. The zero-order chi connectivity index (χ0) is 11.6. The molecule has 0 bridgehead atoms. The van der Waals surface area contributed by atoms with Gasteiger partial charge in [-0.05, 0) is 12.2 Å². The van der Waals surface area contributed by atoms with Gasteiger partial charge in [-0.3, -0.25) is 10.1 Å². The SMILES string of the molecule is NC(=S)NC(=O)c1nc(Cl)c(N)nc1N. The first kappa shape index (κ1) is 11.4. The number of hydrogen-bond acceptors (Lipinski definition) is 6. The second-order valence-electron chi connectivity index (χ2n) is 2.45. The van der Waals surface area contributed by atoms with E-state index in [1.807, 2.05) is 0 Å². The van der Waals surface area contributed by atoms with Gasteiger partial charge in [0.2, 0.25) is 0 Å². The van der Waals surface area contributed by atoms with Crippen LogP contribution in [0.15, 0.2) is 0 Å². The molecule has 7 N–H and O–H groups in total. The fourth-order valence-electron chi connectivity index (χ4n) is 0.780. The van der Waals surface area contributed by atoms with Crippen LogP contribution in [-0.2, 0) is 0 Å². The van der Waals surface area contributed by atoms with Gasteiger partial charge in [0, 0.05) is 0 Å². The van der Waals surface area contributed by atoms with Crippen LogP contribution in [0.3, 0.4) is 0 Å². The zero-order valence-corrected chi connectivity index (χ0v) is 8.89. The highest BCUT2D eigenvalue weighted by atomic mass is 35.5. The fraction of sp³-hybridized carbons (Fsp3) is 0. The average molecular weight is 247 g/mol. The molecule has 1 heterocycles. The van der Waals surface area contributed by atoms with E-state index in [1.165, 1.54) is 0 Å². The Hall–Kier alpha value is -1.67. The number of rotatable bonds is 1. The van der Waals surface area contributed by atoms with E-state index in [1.54, 1.807) is 0 Å². The Morgan fingerprint density at radius 1 is 1.33 bits per heavy atom. The van der Waals surface area contributed by atoms with E-state index in [-0.39, 0.29) is 27.6 Å². The largest absolute Gasteiger partial charge is 0.382 e. The summed E-state index contributed by atoms with van der Waals surface area (Å²) in [6, 6.07) is 0. The topological polar surface area (TPSA) is 133 Å². The number of thiocarbonyl (C=S) groups is 1. The molecule has 0 aliphatic carbocycles. The molecule has 0 unspecified atom stereocenters. The van der Waals surface area contributed by atoms with Crippen LogP contribution in [0.1, 0.15) is 10.5 Å². The lowest BCUT2D eigenvalue weighted by Gasteiger charge is -2.05. The van der Waals surface area contributed by atoms with E-state index in [9.17, 15) is 4.79 Å². The van der Waals surface area contributed by atoms with Gasteiger partial charge in [-0.2, -0.15) is 0 Å². The summed E-state index contributed by atoms with van der Waals surface area (Å²) >= 11 is 10.0. The Balaban J connectivity index is 3.09. The Morgan fingerprint density at radius 2 is 1.93 bits per heavy atom. The number of hydrogen-bond donors (Lipinski definition) is 4. The van der Waals surface area contributed by atoms with Crippen molar-refractivity contribution < 1.29 is 4.79 Å². The van der Waals surface area contributed by atoms with Crippen LogP contribution < -0.4 is 22.5 Å². The van der Waals surface area contributed by atoms with Gasteiger partial charge >= 0.3 is 0 Å². The fourth-order valence-corrected chi connectivity index (χ4v) is 0.999. The standard InChI is InChI=1S/C6H7ClN6OS/c7-2-4(9)12-3(8)1(11-2)5(14)13-6(10)15/h(H4,8,9,12)(H3,10,13,14,15). The molecule has 0 aromatic carbocycles.